The maximum Gasteiger partial charge on any atom is 0.221 e. The molecule has 0 saturated heterocycles. The summed E-state index contributed by atoms with van der Waals surface area (Å²) in [6, 6.07) is 5.43. The SMILES string of the molecule is CCC(C)NC(=O)CCNC1COc2cc(O)ccc21. The molecule has 0 aromatic heterocycles. The molecule has 1 heterocycles. The van der Waals surface area contributed by atoms with Crippen molar-refractivity contribution in [3.05, 3.63) is 23.8 Å². The third-order valence-corrected chi connectivity index (χ3v) is 3.54. The highest BCUT2D eigenvalue weighted by Gasteiger charge is 2.23. The number of nitrogens with one attached hydrogen (secondary N) is 2. The average molecular weight is 278 g/mol. The molecular weight excluding hydrogens is 256 g/mol. The van der Waals surface area contributed by atoms with Gasteiger partial charge in [-0.25, -0.2) is 0 Å². The molecule has 1 aromatic rings. The fraction of sp³-hybridized carbons (Fsp3) is 0.533. The third kappa shape index (κ3) is 3.63. The predicted molar refractivity (Wildman–Crippen MR) is 76.9 cm³/mol. The van der Waals surface area contributed by atoms with Crippen LogP contribution in [0.5, 0.6) is 11.5 Å². The summed E-state index contributed by atoms with van der Waals surface area (Å²) in [5, 5.41) is 15.6. The van der Waals surface area contributed by atoms with Crippen molar-refractivity contribution in [1.29, 1.82) is 0 Å². The zero-order valence-electron chi connectivity index (χ0n) is 12.0. The Morgan fingerprint density at radius 3 is 3.10 bits per heavy atom. The Hall–Kier alpha value is -1.75. The number of phenols is 1. The Morgan fingerprint density at radius 2 is 2.35 bits per heavy atom. The minimum atomic E-state index is 0.0664. The van der Waals surface area contributed by atoms with E-state index in [9.17, 15) is 9.90 Å². The number of amides is 1. The predicted octanol–water partition coefficient (Wildman–Crippen LogP) is 1.72. The Labute approximate surface area is 119 Å². The van der Waals surface area contributed by atoms with Crippen LogP contribution in [0.15, 0.2) is 18.2 Å². The van der Waals surface area contributed by atoms with E-state index in [0.29, 0.717) is 25.3 Å². The van der Waals surface area contributed by atoms with Crippen LogP contribution >= 0.6 is 0 Å². The molecule has 20 heavy (non-hydrogen) atoms. The Kier molecular flexibility index (Phi) is 4.84. The smallest absolute Gasteiger partial charge is 0.221 e. The van der Waals surface area contributed by atoms with Gasteiger partial charge in [0.25, 0.3) is 0 Å². The summed E-state index contributed by atoms with van der Waals surface area (Å²) in [5.74, 6) is 0.987. The van der Waals surface area contributed by atoms with Crippen LogP contribution in [-0.2, 0) is 4.79 Å². The first-order valence-corrected chi connectivity index (χ1v) is 7.08. The van der Waals surface area contributed by atoms with E-state index in [0.717, 1.165) is 12.0 Å². The van der Waals surface area contributed by atoms with E-state index in [-0.39, 0.29) is 23.7 Å². The Morgan fingerprint density at radius 1 is 1.55 bits per heavy atom. The summed E-state index contributed by atoms with van der Waals surface area (Å²) in [5.41, 5.74) is 1.03. The lowest BCUT2D eigenvalue weighted by atomic mass is 10.1. The van der Waals surface area contributed by atoms with Crippen molar-refractivity contribution >= 4 is 5.91 Å². The van der Waals surface area contributed by atoms with Crippen LogP contribution in [0.25, 0.3) is 0 Å². The molecule has 2 atom stereocenters. The zero-order chi connectivity index (χ0) is 14.5. The van der Waals surface area contributed by atoms with Crippen molar-refractivity contribution in [3.8, 4) is 11.5 Å². The number of carbonyl (C=O) groups is 1. The van der Waals surface area contributed by atoms with Gasteiger partial charge >= 0.3 is 0 Å². The summed E-state index contributed by atoms with van der Waals surface area (Å²) in [6.07, 6.45) is 1.39. The number of ether oxygens (including phenoxy) is 1. The van der Waals surface area contributed by atoms with Crippen molar-refractivity contribution in [2.45, 2.75) is 38.8 Å². The first kappa shape index (κ1) is 14.7. The van der Waals surface area contributed by atoms with Gasteiger partial charge in [0.2, 0.25) is 5.91 Å². The van der Waals surface area contributed by atoms with Crippen LogP contribution in [0.1, 0.15) is 38.3 Å². The van der Waals surface area contributed by atoms with E-state index in [1.807, 2.05) is 19.9 Å². The fourth-order valence-corrected chi connectivity index (χ4v) is 2.18. The van der Waals surface area contributed by atoms with Gasteiger partial charge in [0, 0.05) is 30.6 Å². The lowest BCUT2D eigenvalue weighted by molar-refractivity contribution is -0.121. The summed E-state index contributed by atoms with van der Waals surface area (Å²) in [6.45, 7) is 5.19. The quantitative estimate of drug-likeness (QED) is 0.741. The number of hydrogen-bond acceptors (Lipinski definition) is 4. The third-order valence-electron chi connectivity index (χ3n) is 3.54. The summed E-state index contributed by atoms with van der Waals surface area (Å²) >= 11 is 0. The van der Waals surface area contributed by atoms with Crippen molar-refractivity contribution in [2.24, 2.45) is 0 Å². The number of carbonyl (C=O) groups excluding carboxylic acids is 1. The van der Waals surface area contributed by atoms with Gasteiger partial charge in [-0.15, -0.1) is 0 Å². The molecule has 5 nitrogen and oxygen atoms in total. The molecule has 1 aliphatic heterocycles. The minimum Gasteiger partial charge on any atom is -0.508 e. The lowest BCUT2D eigenvalue weighted by Crippen LogP contribution is -2.34. The molecule has 1 aliphatic rings. The molecule has 0 saturated carbocycles. The van der Waals surface area contributed by atoms with E-state index in [4.69, 9.17) is 4.74 Å². The first-order chi connectivity index (χ1) is 9.60. The molecule has 0 radical (unpaired) electrons. The molecule has 5 heteroatoms. The molecule has 0 bridgehead atoms. The molecule has 3 N–H and O–H groups in total. The zero-order valence-corrected chi connectivity index (χ0v) is 12.0. The largest absolute Gasteiger partial charge is 0.508 e. The van der Waals surface area contributed by atoms with E-state index >= 15 is 0 Å². The molecule has 1 aromatic carbocycles. The van der Waals surface area contributed by atoms with Crippen LogP contribution in [0.3, 0.4) is 0 Å². The van der Waals surface area contributed by atoms with Crippen LogP contribution in [-0.4, -0.2) is 30.2 Å². The number of aromatic hydroxyl groups is 1. The molecule has 0 spiro atoms. The number of phenolic OH excluding ortho intramolecular Hbond substituents is 1. The van der Waals surface area contributed by atoms with Crippen molar-refractivity contribution in [3.63, 3.8) is 0 Å². The fourth-order valence-electron chi connectivity index (χ4n) is 2.18. The second kappa shape index (κ2) is 6.61. The van der Waals surface area contributed by atoms with Gasteiger partial charge in [-0.1, -0.05) is 6.92 Å². The lowest BCUT2D eigenvalue weighted by Gasteiger charge is -2.13. The highest BCUT2D eigenvalue weighted by atomic mass is 16.5. The maximum atomic E-state index is 11.7. The number of hydrogen-bond donors (Lipinski definition) is 3. The standard InChI is InChI=1S/C15H22N2O3/c1-3-10(2)17-15(19)6-7-16-13-9-20-14-8-11(18)4-5-12(13)14/h4-5,8,10,13,16,18H,3,6-7,9H2,1-2H3,(H,17,19). The molecule has 1 amide bonds. The molecule has 110 valence electrons. The van der Waals surface area contributed by atoms with Gasteiger partial charge in [0.1, 0.15) is 18.1 Å². The normalized spacial score (nSPS) is 18.2. The van der Waals surface area contributed by atoms with Crippen LogP contribution in [0.4, 0.5) is 0 Å². The van der Waals surface area contributed by atoms with Crippen molar-refractivity contribution in [1.82, 2.24) is 10.6 Å². The van der Waals surface area contributed by atoms with E-state index in [1.165, 1.54) is 0 Å². The summed E-state index contributed by atoms with van der Waals surface area (Å²) in [7, 11) is 0. The van der Waals surface area contributed by atoms with Crippen LogP contribution < -0.4 is 15.4 Å². The monoisotopic (exact) mass is 278 g/mol. The Bertz CT molecular complexity index is 476. The Balaban J connectivity index is 1.78. The minimum absolute atomic E-state index is 0.0664. The second-order valence-corrected chi connectivity index (χ2v) is 5.17. The molecule has 2 unspecified atom stereocenters. The average Bonchev–Trinajstić information content (AvgIpc) is 2.81. The van der Waals surface area contributed by atoms with Gasteiger partial charge in [0.05, 0.1) is 6.04 Å². The van der Waals surface area contributed by atoms with E-state index < -0.39 is 0 Å². The highest BCUT2D eigenvalue weighted by molar-refractivity contribution is 5.76. The second-order valence-electron chi connectivity index (χ2n) is 5.17. The number of benzene rings is 1. The molecule has 2 rings (SSSR count). The van der Waals surface area contributed by atoms with Crippen LogP contribution in [0, 0.1) is 0 Å². The van der Waals surface area contributed by atoms with E-state index in [2.05, 4.69) is 10.6 Å². The molecular formula is C15H22N2O3. The summed E-state index contributed by atoms with van der Waals surface area (Å²) in [4.78, 5) is 11.7. The van der Waals surface area contributed by atoms with Crippen molar-refractivity contribution in [2.75, 3.05) is 13.2 Å². The maximum absolute atomic E-state index is 11.7. The topological polar surface area (TPSA) is 70.6 Å². The highest BCUT2D eigenvalue weighted by Crippen LogP contribution is 2.34. The first-order valence-electron chi connectivity index (χ1n) is 7.08. The van der Waals surface area contributed by atoms with Gasteiger partial charge in [-0.05, 0) is 25.5 Å². The molecule has 0 fully saturated rings. The van der Waals surface area contributed by atoms with Gasteiger partial charge in [-0.2, -0.15) is 0 Å². The number of fused-ring (bicyclic) bond motifs is 1. The summed E-state index contributed by atoms with van der Waals surface area (Å²) < 4.78 is 5.51. The van der Waals surface area contributed by atoms with Gasteiger partial charge in [0.15, 0.2) is 0 Å². The van der Waals surface area contributed by atoms with Crippen molar-refractivity contribution < 1.29 is 14.6 Å². The van der Waals surface area contributed by atoms with E-state index in [1.54, 1.807) is 12.1 Å². The molecule has 0 aliphatic carbocycles. The number of rotatable bonds is 6. The van der Waals surface area contributed by atoms with Gasteiger partial charge < -0.3 is 20.5 Å². The van der Waals surface area contributed by atoms with Crippen LogP contribution in [0.2, 0.25) is 0 Å². The van der Waals surface area contributed by atoms with Gasteiger partial charge in [-0.3, -0.25) is 4.79 Å².